The Morgan fingerprint density at radius 2 is 2.17 bits per heavy atom. The van der Waals surface area contributed by atoms with Gasteiger partial charge in [-0.3, -0.25) is 4.79 Å². The number of halogens is 4. The highest BCUT2D eigenvalue weighted by Gasteiger charge is 2.48. The van der Waals surface area contributed by atoms with E-state index in [1.54, 1.807) is 5.32 Å². The number of nitrogens with one attached hydrogen (secondary N) is 1. The maximum atomic E-state index is 12.6. The summed E-state index contributed by atoms with van der Waals surface area (Å²) in [6.07, 6.45) is -2.76. The molecule has 0 aliphatic carbocycles. The number of alkyl halides is 4. The SMILES string of the molecule is COc1ccc(CNC(=O)C(F)(F)C(F)F)cn1. The van der Waals surface area contributed by atoms with Crippen LogP contribution >= 0.6 is 0 Å². The fourth-order valence-corrected chi connectivity index (χ4v) is 1.04. The van der Waals surface area contributed by atoms with Crippen LogP contribution in [0.4, 0.5) is 17.6 Å². The number of methoxy groups -OCH3 is 1. The molecule has 0 fully saturated rings. The number of pyridine rings is 1. The fourth-order valence-electron chi connectivity index (χ4n) is 1.04. The maximum absolute atomic E-state index is 12.6. The van der Waals surface area contributed by atoms with Gasteiger partial charge in [0.2, 0.25) is 5.88 Å². The number of nitrogens with zero attached hydrogens (tertiary/aromatic N) is 1. The van der Waals surface area contributed by atoms with E-state index in [1.165, 1.54) is 25.4 Å². The van der Waals surface area contributed by atoms with Gasteiger partial charge < -0.3 is 10.1 Å². The van der Waals surface area contributed by atoms with Crippen molar-refractivity contribution < 1.29 is 27.1 Å². The van der Waals surface area contributed by atoms with Gasteiger partial charge in [0.25, 0.3) is 5.91 Å². The van der Waals surface area contributed by atoms with Gasteiger partial charge in [-0.1, -0.05) is 6.07 Å². The standard InChI is InChI=1S/C10H10F4N2O2/c1-18-7-3-2-6(4-15-7)5-16-9(17)10(13,14)8(11)12/h2-4,8H,5H2,1H3,(H,16,17). The van der Waals surface area contributed by atoms with Crippen LogP contribution in [0, 0.1) is 0 Å². The number of carbonyl (C=O) groups excluding carboxylic acids is 1. The zero-order valence-corrected chi connectivity index (χ0v) is 9.29. The molecule has 18 heavy (non-hydrogen) atoms. The average Bonchev–Trinajstić information content (AvgIpc) is 2.36. The molecular weight excluding hydrogens is 256 g/mol. The van der Waals surface area contributed by atoms with Crippen LogP contribution in [-0.2, 0) is 11.3 Å². The number of hydrogen-bond donors (Lipinski definition) is 1. The third-order valence-electron chi connectivity index (χ3n) is 2.04. The van der Waals surface area contributed by atoms with E-state index in [9.17, 15) is 22.4 Å². The van der Waals surface area contributed by atoms with Gasteiger partial charge in [0.15, 0.2) is 0 Å². The molecule has 4 nitrogen and oxygen atoms in total. The molecule has 0 saturated carbocycles. The first kappa shape index (κ1) is 14.2. The number of carbonyl (C=O) groups is 1. The molecule has 1 N–H and O–H groups in total. The third-order valence-corrected chi connectivity index (χ3v) is 2.04. The number of ether oxygens (including phenoxy) is 1. The van der Waals surface area contributed by atoms with Gasteiger partial charge in [-0.15, -0.1) is 0 Å². The molecule has 0 atom stereocenters. The van der Waals surface area contributed by atoms with E-state index in [1.807, 2.05) is 0 Å². The summed E-state index contributed by atoms with van der Waals surface area (Å²) in [5.74, 6) is -6.41. The van der Waals surface area contributed by atoms with Crippen molar-refractivity contribution in [2.75, 3.05) is 7.11 Å². The van der Waals surface area contributed by atoms with E-state index < -0.39 is 18.3 Å². The van der Waals surface area contributed by atoms with Crippen LogP contribution in [0.15, 0.2) is 18.3 Å². The zero-order chi connectivity index (χ0) is 13.8. The Bertz CT molecular complexity index is 409. The molecule has 0 bridgehead atoms. The zero-order valence-electron chi connectivity index (χ0n) is 9.29. The van der Waals surface area contributed by atoms with Crippen molar-refractivity contribution in [3.63, 3.8) is 0 Å². The van der Waals surface area contributed by atoms with Gasteiger partial charge in [0.1, 0.15) is 0 Å². The molecular formula is C10H10F4N2O2. The summed E-state index contributed by atoms with van der Waals surface area (Å²) in [5, 5.41) is 1.71. The molecule has 1 aromatic rings. The van der Waals surface area contributed by atoms with Crippen LogP contribution in [0.2, 0.25) is 0 Å². The lowest BCUT2D eigenvalue weighted by molar-refractivity contribution is -0.169. The smallest absolute Gasteiger partial charge is 0.383 e. The minimum absolute atomic E-state index is 0.308. The van der Waals surface area contributed by atoms with Crippen LogP contribution in [0.5, 0.6) is 5.88 Å². The first-order chi connectivity index (χ1) is 8.37. The Morgan fingerprint density at radius 3 is 2.61 bits per heavy atom. The van der Waals surface area contributed by atoms with E-state index in [2.05, 4.69) is 4.98 Å². The Hall–Kier alpha value is -1.86. The van der Waals surface area contributed by atoms with E-state index in [0.717, 1.165) is 0 Å². The highest BCUT2D eigenvalue weighted by Crippen LogP contribution is 2.22. The van der Waals surface area contributed by atoms with Crippen LogP contribution < -0.4 is 10.1 Å². The van der Waals surface area contributed by atoms with Crippen molar-refractivity contribution in [3.05, 3.63) is 23.9 Å². The van der Waals surface area contributed by atoms with Crippen molar-refractivity contribution in [3.8, 4) is 5.88 Å². The highest BCUT2D eigenvalue weighted by molar-refractivity contribution is 5.83. The molecule has 1 rings (SSSR count). The topological polar surface area (TPSA) is 51.2 Å². The first-order valence-corrected chi connectivity index (χ1v) is 4.81. The molecule has 0 aromatic carbocycles. The van der Waals surface area contributed by atoms with E-state index >= 15 is 0 Å². The molecule has 8 heteroatoms. The second-order valence-electron chi connectivity index (χ2n) is 3.32. The number of aromatic nitrogens is 1. The lowest BCUT2D eigenvalue weighted by atomic mass is 10.2. The number of rotatable bonds is 5. The van der Waals surface area contributed by atoms with Crippen LogP contribution in [0.25, 0.3) is 0 Å². The molecule has 1 aromatic heterocycles. The van der Waals surface area contributed by atoms with Crippen LogP contribution in [0.1, 0.15) is 5.56 Å². The molecule has 0 radical (unpaired) electrons. The van der Waals surface area contributed by atoms with Gasteiger partial charge >= 0.3 is 12.3 Å². The molecule has 0 unspecified atom stereocenters. The van der Waals surface area contributed by atoms with Gasteiger partial charge in [0.05, 0.1) is 7.11 Å². The Balaban J connectivity index is 2.57. The molecule has 100 valence electrons. The van der Waals surface area contributed by atoms with Gasteiger partial charge in [0, 0.05) is 18.8 Å². The molecule has 0 saturated heterocycles. The summed E-state index contributed by atoms with van der Waals surface area (Å²) >= 11 is 0. The van der Waals surface area contributed by atoms with Crippen molar-refractivity contribution >= 4 is 5.91 Å². The Labute approximate surface area is 100.0 Å². The van der Waals surface area contributed by atoms with Crippen molar-refractivity contribution in [1.82, 2.24) is 10.3 Å². The van der Waals surface area contributed by atoms with E-state index in [-0.39, 0.29) is 6.54 Å². The monoisotopic (exact) mass is 266 g/mol. The second kappa shape index (κ2) is 5.65. The molecule has 1 heterocycles. The summed E-state index contributed by atoms with van der Waals surface area (Å²) in [6, 6.07) is 2.92. The average molecular weight is 266 g/mol. The largest absolute Gasteiger partial charge is 0.481 e. The first-order valence-electron chi connectivity index (χ1n) is 4.81. The van der Waals surface area contributed by atoms with Gasteiger partial charge in [-0.2, -0.15) is 8.78 Å². The Kier molecular flexibility index (Phi) is 4.46. The normalized spacial score (nSPS) is 11.4. The summed E-state index contributed by atoms with van der Waals surface area (Å²) in [4.78, 5) is 14.6. The van der Waals surface area contributed by atoms with Crippen molar-refractivity contribution in [1.29, 1.82) is 0 Å². The Morgan fingerprint density at radius 1 is 1.50 bits per heavy atom. The summed E-state index contributed by atoms with van der Waals surface area (Å²) in [7, 11) is 1.40. The predicted octanol–water partition coefficient (Wildman–Crippen LogP) is 1.61. The quantitative estimate of drug-likeness (QED) is 0.824. The van der Waals surface area contributed by atoms with E-state index in [0.29, 0.717) is 11.4 Å². The van der Waals surface area contributed by atoms with Crippen LogP contribution in [0.3, 0.4) is 0 Å². The minimum Gasteiger partial charge on any atom is -0.481 e. The van der Waals surface area contributed by atoms with Gasteiger partial charge in [-0.05, 0) is 5.56 Å². The predicted molar refractivity (Wildman–Crippen MR) is 53.6 cm³/mol. The summed E-state index contributed by atoms with van der Waals surface area (Å²) in [6.45, 7) is -0.321. The lowest BCUT2D eigenvalue weighted by Crippen LogP contribution is -2.44. The second-order valence-corrected chi connectivity index (χ2v) is 3.32. The number of amides is 1. The molecule has 0 aliphatic rings. The van der Waals surface area contributed by atoms with Gasteiger partial charge in [-0.25, -0.2) is 13.8 Å². The third kappa shape index (κ3) is 3.31. The highest BCUT2D eigenvalue weighted by atomic mass is 19.3. The summed E-state index contributed by atoms with van der Waals surface area (Å²) < 4.78 is 53.6. The lowest BCUT2D eigenvalue weighted by Gasteiger charge is -2.14. The fraction of sp³-hybridized carbons (Fsp3) is 0.400. The summed E-state index contributed by atoms with van der Waals surface area (Å²) in [5.41, 5.74) is 0.384. The number of hydrogen-bond acceptors (Lipinski definition) is 3. The maximum Gasteiger partial charge on any atom is 0.383 e. The van der Waals surface area contributed by atoms with Crippen molar-refractivity contribution in [2.24, 2.45) is 0 Å². The molecule has 1 amide bonds. The van der Waals surface area contributed by atoms with Crippen molar-refractivity contribution in [2.45, 2.75) is 18.9 Å². The molecule has 0 spiro atoms. The minimum atomic E-state index is -4.69. The molecule has 0 aliphatic heterocycles. The van der Waals surface area contributed by atoms with E-state index in [4.69, 9.17) is 4.74 Å². The van der Waals surface area contributed by atoms with Crippen LogP contribution in [-0.4, -0.2) is 30.3 Å².